The van der Waals surface area contributed by atoms with Crippen molar-refractivity contribution in [1.29, 1.82) is 0 Å². The summed E-state index contributed by atoms with van der Waals surface area (Å²) in [6, 6.07) is 6.12. The number of aromatic nitrogens is 2. The lowest BCUT2D eigenvalue weighted by Crippen LogP contribution is -2.59. The molecule has 1 atom stereocenters. The Morgan fingerprint density at radius 2 is 2.18 bits per heavy atom. The van der Waals surface area contributed by atoms with Gasteiger partial charge in [-0.25, -0.2) is 4.39 Å². The topological polar surface area (TPSA) is 62.4 Å². The molecule has 6 heteroatoms. The Morgan fingerprint density at radius 3 is 2.86 bits per heavy atom. The van der Waals surface area contributed by atoms with E-state index < -0.39 is 0 Å². The Labute approximate surface area is 128 Å². The minimum Gasteiger partial charge on any atom is -0.420 e. The third kappa shape index (κ3) is 2.89. The third-order valence-electron chi connectivity index (χ3n) is 4.10. The van der Waals surface area contributed by atoms with Gasteiger partial charge in [-0.05, 0) is 31.5 Å². The van der Waals surface area contributed by atoms with Gasteiger partial charge in [0.25, 0.3) is 0 Å². The van der Waals surface area contributed by atoms with Gasteiger partial charge in [-0.3, -0.25) is 4.90 Å². The predicted molar refractivity (Wildman–Crippen MR) is 79.8 cm³/mol. The maximum absolute atomic E-state index is 13.3. The molecule has 1 N–H and O–H groups in total. The van der Waals surface area contributed by atoms with Crippen LogP contribution in [0.1, 0.15) is 26.2 Å². The molecule has 1 aliphatic rings. The number of rotatable bonds is 5. The zero-order valence-electron chi connectivity index (χ0n) is 12.8. The number of likely N-dealkylation sites (tertiary alicyclic amines) is 1. The highest BCUT2D eigenvalue weighted by molar-refractivity contribution is 5.52. The van der Waals surface area contributed by atoms with Gasteiger partial charge < -0.3 is 9.52 Å². The molecule has 22 heavy (non-hydrogen) atoms. The van der Waals surface area contributed by atoms with Crippen molar-refractivity contribution in [3.8, 4) is 11.5 Å². The lowest BCUT2D eigenvalue weighted by molar-refractivity contribution is 0.0144. The standard InChI is InChI=1S/C16H20FN3O2/c1-3-13(21)8-20-9-16(2,10-20)15-19-18-14(22-15)11-5-4-6-12(17)7-11/h4-7,13,21H,3,8-10H2,1-2H3/t13-/m1/s1. The van der Waals surface area contributed by atoms with Crippen LogP contribution in [0.3, 0.4) is 0 Å². The fraction of sp³-hybridized carbons (Fsp3) is 0.500. The third-order valence-corrected chi connectivity index (χ3v) is 4.10. The van der Waals surface area contributed by atoms with Crippen LogP contribution in [-0.4, -0.2) is 45.9 Å². The fourth-order valence-corrected chi connectivity index (χ4v) is 2.84. The fourth-order valence-electron chi connectivity index (χ4n) is 2.84. The van der Waals surface area contributed by atoms with E-state index in [4.69, 9.17) is 4.42 Å². The molecule has 1 fully saturated rings. The minimum absolute atomic E-state index is 0.202. The number of halogens is 1. The zero-order chi connectivity index (χ0) is 15.7. The quantitative estimate of drug-likeness (QED) is 0.917. The molecule has 1 aliphatic heterocycles. The van der Waals surface area contributed by atoms with E-state index in [0.29, 0.717) is 23.9 Å². The summed E-state index contributed by atoms with van der Waals surface area (Å²) in [7, 11) is 0. The van der Waals surface area contributed by atoms with Crippen LogP contribution in [0.2, 0.25) is 0 Å². The molecule has 3 rings (SSSR count). The van der Waals surface area contributed by atoms with Crippen molar-refractivity contribution in [2.24, 2.45) is 0 Å². The van der Waals surface area contributed by atoms with Crippen LogP contribution >= 0.6 is 0 Å². The van der Waals surface area contributed by atoms with E-state index in [1.54, 1.807) is 12.1 Å². The van der Waals surface area contributed by atoms with Crippen molar-refractivity contribution in [1.82, 2.24) is 15.1 Å². The highest BCUT2D eigenvalue weighted by Crippen LogP contribution is 2.34. The summed E-state index contributed by atoms with van der Waals surface area (Å²) in [6.45, 7) is 6.23. The summed E-state index contributed by atoms with van der Waals surface area (Å²) in [5.74, 6) is 0.573. The smallest absolute Gasteiger partial charge is 0.247 e. The van der Waals surface area contributed by atoms with Crippen molar-refractivity contribution in [3.63, 3.8) is 0 Å². The van der Waals surface area contributed by atoms with Crippen LogP contribution in [-0.2, 0) is 5.41 Å². The van der Waals surface area contributed by atoms with Crippen LogP contribution in [0.15, 0.2) is 28.7 Å². The number of aliphatic hydroxyl groups is 1. The van der Waals surface area contributed by atoms with E-state index >= 15 is 0 Å². The Morgan fingerprint density at radius 1 is 1.41 bits per heavy atom. The zero-order valence-corrected chi connectivity index (χ0v) is 12.8. The number of hydrogen-bond donors (Lipinski definition) is 1. The van der Waals surface area contributed by atoms with Gasteiger partial charge in [0.05, 0.1) is 11.5 Å². The molecule has 2 heterocycles. The molecular formula is C16H20FN3O2. The predicted octanol–water partition coefficient (Wildman–Crippen LogP) is 2.22. The molecule has 0 unspecified atom stereocenters. The number of β-amino-alcohol motifs (C(OH)–C–C–N with tert-alkyl or cyclic N) is 1. The summed E-state index contributed by atoms with van der Waals surface area (Å²) in [5, 5.41) is 17.8. The molecule has 0 aliphatic carbocycles. The second-order valence-electron chi connectivity index (χ2n) is 6.22. The molecule has 0 radical (unpaired) electrons. The second kappa shape index (κ2) is 5.78. The van der Waals surface area contributed by atoms with Crippen molar-refractivity contribution >= 4 is 0 Å². The van der Waals surface area contributed by atoms with Gasteiger partial charge in [0.2, 0.25) is 11.8 Å². The molecule has 0 amide bonds. The van der Waals surface area contributed by atoms with Gasteiger partial charge in [-0.1, -0.05) is 13.0 Å². The SMILES string of the molecule is CC[C@@H](O)CN1CC(C)(c2nnc(-c3cccc(F)c3)o2)C1. The summed E-state index contributed by atoms with van der Waals surface area (Å²) in [6.07, 6.45) is 0.451. The number of nitrogens with zero attached hydrogens (tertiary/aromatic N) is 3. The second-order valence-corrected chi connectivity index (χ2v) is 6.22. The molecule has 5 nitrogen and oxygen atoms in total. The van der Waals surface area contributed by atoms with Crippen LogP contribution in [0.4, 0.5) is 4.39 Å². The normalized spacial score (nSPS) is 18.9. The summed E-state index contributed by atoms with van der Waals surface area (Å²) in [4.78, 5) is 2.17. The lowest BCUT2D eigenvalue weighted by atomic mass is 9.81. The van der Waals surface area contributed by atoms with Crippen LogP contribution in [0.5, 0.6) is 0 Å². The first kappa shape index (κ1) is 15.1. The first-order valence-electron chi connectivity index (χ1n) is 7.50. The first-order chi connectivity index (χ1) is 10.5. The van der Waals surface area contributed by atoms with Crippen molar-refractivity contribution < 1.29 is 13.9 Å². The van der Waals surface area contributed by atoms with Gasteiger partial charge in [0.1, 0.15) is 5.82 Å². The number of hydrogen-bond acceptors (Lipinski definition) is 5. The summed E-state index contributed by atoms with van der Waals surface area (Å²) >= 11 is 0. The van der Waals surface area contributed by atoms with Crippen molar-refractivity contribution in [2.45, 2.75) is 31.8 Å². The highest BCUT2D eigenvalue weighted by Gasteiger charge is 2.44. The van der Waals surface area contributed by atoms with Gasteiger partial charge in [-0.15, -0.1) is 10.2 Å². The van der Waals surface area contributed by atoms with Crippen molar-refractivity contribution in [2.75, 3.05) is 19.6 Å². The monoisotopic (exact) mass is 305 g/mol. The maximum Gasteiger partial charge on any atom is 0.247 e. The Balaban J connectivity index is 1.70. The van der Waals surface area contributed by atoms with Gasteiger partial charge in [-0.2, -0.15) is 0 Å². The van der Waals surface area contributed by atoms with E-state index in [-0.39, 0.29) is 17.3 Å². The van der Waals surface area contributed by atoms with Crippen molar-refractivity contribution in [3.05, 3.63) is 36.0 Å². The van der Waals surface area contributed by atoms with E-state index in [1.807, 2.05) is 6.92 Å². The molecule has 1 saturated heterocycles. The Bertz CT molecular complexity index is 652. The molecule has 1 aromatic carbocycles. The minimum atomic E-state index is -0.327. The van der Waals surface area contributed by atoms with E-state index in [1.165, 1.54) is 12.1 Å². The highest BCUT2D eigenvalue weighted by atomic mass is 19.1. The lowest BCUT2D eigenvalue weighted by Gasteiger charge is -2.46. The summed E-state index contributed by atoms with van der Waals surface area (Å²) < 4.78 is 19.0. The summed E-state index contributed by atoms with van der Waals surface area (Å²) in [5.41, 5.74) is 0.381. The van der Waals surface area contributed by atoms with Crippen LogP contribution in [0.25, 0.3) is 11.5 Å². The van der Waals surface area contributed by atoms with E-state index in [2.05, 4.69) is 22.0 Å². The molecule has 118 valence electrons. The van der Waals surface area contributed by atoms with Crippen LogP contribution in [0, 0.1) is 5.82 Å². The van der Waals surface area contributed by atoms with E-state index in [0.717, 1.165) is 19.5 Å². The Hall–Kier alpha value is -1.79. The first-order valence-corrected chi connectivity index (χ1v) is 7.50. The molecule has 0 spiro atoms. The maximum atomic E-state index is 13.3. The average molecular weight is 305 g/mol. The molecule has 0 saturated carbocycles. The molecule has 0 bridgehead atoms. The van der Waals surface area contributed by atoms with Gasteiger partial charge in [0.15, 0.2) is 0 Å². The molecular weight excluding hydrogens is 285 g/mol. The Kier molecular flexibility index (Phi) is 3.97. The van der Waals surface area contributed by atoms with Gasteiger partial charge >= 0.3 is 0 Å². The number of benzene rings is 1. The van der Waals surface area contributed by atoms with Crippen LogP contribution < -0.4 is 0 Å². The molecule has 2 aromatic rings. The number of aliphatic hydroxyl groups excluding tert-OH is 1. The van der Waals surface area contributed by atoms with E-state index in [9.17, 15) is 9.50 Å². The molecule has 1 aromatic heterocycles. The average Bonchev–Trinajstić information content (AvgIpc) is 2.95. The largest absolute Gasteiger partial charge is 0.420 e. The van der Waals surface area contributed by atoms with Gasteiger partial charge in [0, 0.05) is 25.2 Å².